The van der Waals surface area contributed by atoms with E-state index in [0.29, 0.717) is 11.4 Å². The first-order valence-corrected chi connectivity index (χ1v) is 8.18. The number of benzene rings is 1. The van der Waals surface area contributed by atoms with Crippen LogP contribution in [0.2, 0.25) is 5.02 Å². The van der Waals surface area contributed by atoms with E-state index in [2.05, 4.69) is 15.0 Å². The number of H-pyrrole nitrogens is 1. The average Bonchev–Trinajstić information content (AvgIpc) is 2.62. The molecule has 1 aromatic carbocycles. The van der Waals surface area contributed by atoms with E-state index < -0.39 is 11.6 Å². The summed E-state index contributed by atoms with van der Waals surface area (Å²) in [6, 6.07) is 8.84. The third-order valence-corrected chi connectivity index (χ3v) is 3.80. The standard InChI is InChI=1S/C18H14ClF2N3O3/c1-18(20,21)14-8-12(4-5-15(14)19)27-13-3-2-11(23-9-13)10-26-16-6-7-22-17(25)24-16/h2-9H,10H2,1H3,(H,22,24,25). The van der Waals surface area contributed by atoms with Crippen molar-refractivity contribution in [2.24, 2.45) is 0 Å². The topological polar surface area (TPSA) is 77.1 Å². The Morgan fingerprint density at radius 2 is 1.93 bits per heavy atom. The summed E-state index contributed by atoms with van der Waals surface area (Å²) in [4.78, 5) is 21.2. The minimum Gasteiger partial charge on any atom is -0.472 e. The van der Waals surface area contributed by atoms with Gasteiger partial charge in [0, 0.05) is 29.8 Å². The smallest absolute Gasteiger partial charge is 0.347 e. The van der Waals surface area contributed by atoms with E-state index in [1.807, 2.05) is 0 Å². The molecule has 140 valence electrons. The van der Waals surface area contributed by atoms with Crippen LogP contribution in [0, 0.1) is 0 Å². The van der Waals surface area contributed by atoms with Gasteiger partial charge >= 0.3 is 5.69 Å². The van der Waals surface area contributed by atoms with Gasteiger partial charge in [0.1, 0.15) is 18.1 Å². The summed E-state index contributed by atoms with van der Waals surface area (Å²) in [5.74, 6) is -2.23. The van der Waals surface area contributed by atoms with Crippen LogP contribution < -0.4 is 15.2 Å². The maximum atomic E-state index is 13.5. The number of ether oxygens (including phenoxy) is 2. The lowest BCUT2D eigenvalue weighted by Gasteiger charge is -2.14. The molecule has 0 fully saturated rings. The van der Waals surface area contributed by atoms with Gasteiger partial charge in [0.2, 0.25) is 0 Å². The Morgan fingerprint density at radius 1 is 1.15 bits per heavy atom. The van der Waals surface area contributed by atoms with Crippen molar-refractivity contribution in [1.29, 1.82) is 0 Å². The molecule has 27 heavy (non-hydrogen) atoms. The first kappa shape index (κ1) is 18.8. The normalized spacial score (nSPS) is 11.3. The molecule has 3 aromatic rings. The highest BCUT2D eigenvalue weighted by molar-refractivity contribution is 6.31. The predicted molar refractivity (Wildman–Crippen MR) is 94.5 cm³/mol. The van der Waals surface area contributed by atoms with Crippen LogP contribution in [0.5, 0.6) is 17.4 Å². The SMILES string of the molecule is CC(F)(F)c1cc(Oc2ccc(COc3ccnc(=O)[nH]3)nc2)ccc1Cl. The summed E-state index contributed by atoms with van der Waals surface area (Å²) in [5, 5.41) is -0.0328. The summed E-state index contributed by atoms with van der Waals surface area (Å²) < 4.78 is 38.0. The molecule has 3 rings (SSSR count). The molecular weight excluding hydrogens is 380 g/mol. The molecule has 0 amide bonds. The van der Waals surface area contributed by atoms with E-state index >= 15 is 0 Å². The van der Waals surface area contributed by atoms with Gasteiger partial charge in [-0.05, 0) is 30.3 Å². The summed E-state index contributed by atoms with van der Waals surface area (Å²) in [6.45, 7) is 0.887. The fraction of sp³-hybridized carbons (Fsp3) is 0.167. The molecule has 0 saturated carbocycles. The van der Waals surface area contributed by atoms with Gasteiger partial charge in [-0.1, -0.05) is 11.6 Å². The summed E-state index contributed by atoms with van der Waals surface area (Å²) in [7, 11) is 0. The zero-order valence-corrected chi connectivity index (χ0v) is 14.8. The highest BCUT2D eigenvalue weighted by Gasteiger charge is 2.27. The molecule has 0 bridgehead atoms. The Hall–Kier alpha value is -3.00. The lowest BCUT2D eigenvalue weighted by atomic mass is 10.1. The number of aromatic nitrogens is 3. The van der Waals surface area contributed by atoms with Crippen LogP contribution in [-0.2, 0) is 12.5 Å². The number of nitrogens with one attached hydrogen (secondary N) is 1. The van der Waals surface area contributed by atoms with Crippen LogP contribution in [-0.4, -0.2) is 15.0 Å². The first-order valence-electron chi connectivity index (χ1n) is 7.80. The van der Waals surface area contributed by atoms with Crippen molar-refractivity contribution in [3.05, 3.63) is 75.6 Å². The summed E-state index contributed by atoms with van der Waals surface area (Å²) >= 11 is 5.81. The molecule has 0 aliphatic rings. The Labute approximate surface area is 157 Å². The maximum Gasteiger partial charge on any atom is 0.347 e. The van der Waals surface area contributed by atoms with E-state index in [4.69, 9.17) is 21.1 Å². The maximum absolute atomic E-state index is 13.5. The van der Waals surface area contributed by atoms with Crippen molar-refractivity contribution < 1.29 is 18.3 Å². The lowest BCUT2D eigenvalue weighted by Crippen LogP contribution is -2.10. The Balaban J connectivity index is 1.66. The number of alkyl halides is 2. The van der Waals surface area contributed by atoms with Crippen molar-refractivity contribution in [1.82, 2.24) is 15.0 Å². The largest absolute Gasteiger partial charge is 0.472 e. The van der Waals surface area contributed by atoms with Crippen molar-refractivity contribution in [2.45, 2.75) is 19.5 Å². The van der Waals surface area contributed by atoms with Gasteiger partial charge in [-0.25, -0.2) is 18.6 Å². The van der Waals surface area contributed by atoms with Crippen LogP contribution in [0.15, 0.2) is 53.6 Å². The van der Waals surface area contributed by atoms with E-state index in [1.165, 1.54) is 36.7 Å². The molecular formula is C18H14ClF2N3O3. The minimum absolute atomic E-state index is 0.0328. The number of pyridine rings is 1. The van der Waals surface area contributed by atoms with Gasteiger partial charge in [0.15, 0.2) is 5.88 Å². The fourth-order valence-corrected chi connectivity index (χ4v) is 2.47. The van der Waals surface area contributed by atoms with Gasteiger partial charge in [0.05, 0.1) is 11.9 Å². The Kier molecular flexibility index (Phi) is 5.36. The van der Waals surface area contributed by atoms with E-state index in [9.17, 15) is 13.6 Å². The van der Waals surface area contributed by atoms with Crippen LogP contribution >= 0.6 is 11.6 Å². The summed E-state index contributed by atoms with van der Waals surface area (Å²) in [6.07, 6.45) is 2.77. The molecule has 1 N–H and O–H groups in total. The zero-order valence-electron chi connectivity index (χ0n) is 14.1. The monoisotopic (exact) mass is 393 g/mol. The third-order valence-electron chi connectivity index (χ3n) is 3.47. The molecule has 0 radical (unpaired) electrons. The molecule has 0 aliphatic carbocycles. The molecule has 2 heterocycles. The van der Waals surface area contributed by atoms with Gasteiger partial charge < -0.3 is 9.47 Å². The predicted octanol–water partition coefficient (Wildman–Crippen LogP) is 4.30. The molecule has 0 atom stereocenters. The van der Waals surface area contributed by atoms with Crippen molar-refractivity contribution in [2.75, 3.05) is 0 Å². The molecule has 0 saturated heterocycles. The number of hydrogen-bond donors (Lipinski definition) is 1. The Morgan fingerprint density at radius 3 is 2.59 bits per heavy atom. The van der Waals surface area contributed by atoms with Gasteiger partial charge in [-0.2, -0.15) is 0 Å². The third kappa shape index (κ3) is 5.01. The van der Waals surface area contributed by atoms with Crippen LogP contribution in [0.25, 0.3) is 0 Å². The highest BCUT2D eigenvalue weighted by Crippen LogP contribution is 2.36. The van der Waals surface area contributed by atoms with E-state index in [1.54, 1.807) is 12.1 Å². The second kappa shape index (κ2) is 7.71. The first-order chi connectivity index (χ1) is 12.8. The van der Waals surface area contributed by atoms with Gasteiger partial charge in [-0.15, -0.1) is 0 Å². The van der Waals surface area contributed by atoms with Crippen LogP contribution in [0.3, 0.4) is 0 Å². The van der Waals surface area contributed by atoms with Crippen molar-refractivity contribution in [3.63, 3.8) is 0 Å². The average molecular weight is 394 g/mol. The molecule has 0 spiro atoms. The number of nitrogens with zero attached hydrogens (tertiary/aromatic N) is 2. The minimum atomic E-state index is -3.08. The summed E-state index contributed by atoms with van der Waals surface area (Å²) in [5.41, 5.74) is -0.243. The molecule has 9 heteroatoms. The number of hydrogen-bond acceptors (Lipinski definition) is 5. The van der Waals surface area contributed by atoms with Gasteiger partial charge in [-0.3, -0.25) is 9.97 Å². The van der Waals surface area contributed by atoms with Gasteiger partial charge in [0.25, 0.3) is 5.92 Å². The second-order valence-electron chi connectivity index (χ2n) is 5.65. The zero-order chi connectivity index (χ0) is 19.4. The molecule has 0 aliphatic heterocycles. The van der Waals surface area contributed by atoms with E-state index in [0.717, 1.165) is 6.92 Å². The van der Waals surface area contributed by atoms with E-state index in [-0.39, 0.29) is 28.8 Å². The number of aromatic amines is 1. The highest BCUT2D eigenvalue weighted by atomic mass is 35.5. The number of halogens is 3. The van der Waals surface area contributed by atoms with Crippen molar-refractivity contribution >= 4 is 11.6 Å². The van der Waals surface area contributed by atoms with Crippen LogP contribution in [0.4, 0.5) is 8.78 Å². The second-order valence-corrected chi connectivity index (χ2v) is 6.05. The molecule has 6 nitrogen and oxygen atoms in total. The fourth-order valence-electron chi connectivity index (χ4n) is 2.18. The quantitative estimate of drug-likeness (QED) is 0.675. The number of rotatable bonds is 6. The van der Waals surface area contributed by atoms with Crippen LogP contribution in [0.1, 0.15) is 18.2 Å². The Bertz CT molecular complexity index is 988. The molecule has 0 unspecified atom stereocenters. The van der Waals surface area contributed by atoms with Crippen molar-refractivity contribution in [3.8, 4) is 17.4 Å². The molecule has 2 aromatic heterocycles. The lowest BCUT2D eigenvalue weighted by molar-refractivity contribution is 0.0174.